The van der Waals surface area contributed by atoms with Crippen molar-refractivity contribution >= 4 is 31.7 Å². The Morgan fingerprint density at radius 2 is 1.84 bits per heavy atom. The number of alkyl carbamates (subject to hydrolysis) is 1. The van der Waals surface area contributed by atoms with Crippen molar-refractivity contribution in [3.8, 4) is 0 Å². The van der Waals surface area contributed by atoms with Gasteiger partial charge in [-0.3, -0.25) is 9.09 Å². The maximum absolute atomic E-state index is 14.2. The molecule has 3 unspecified atom stereocenters. The van der Waals surface area contributed by atoms with Crippen LogP contribution in [-0.2, 0) is 34.5 Å². The van der Waals surface area contributed by atoms with Gasteiger partial charge in [0.25, 0.3) is 0 Å². The molecule has 14 heteroatoms. The Balaban J connectivity index is 1.73. The molecule has 1 aliphatic rings. The molecule has 0 radical (unpaired) electrons. The molecule has 1 aliphatic heterocycles. The second kappa shape index (κ2) is 17.3. The number of carboxylic acid groups (broad SMARTS) is 1. The molecule has 248 valence electrons. The van der Waals surface area contributed by atoms with Crippen molar-refractivity contribution in [1.29, 1.82) is 0 Å². The normalized spacial score (nSPS) is 20.5. The number of hydrogen-bond donors (Lipinski definition) is 2. The number of likely N-dealkylation sites (tertiary alicyclic amines) is 1. The number of quaternary nitrogens is 1. The summed E-state index contributed by atoms with van der Waals surface area (Å²) in [5, 5.41) is 12.9. The fraction of sp³-hybridized carbons (Fsp3) is 0.548. The Morgan fingerprint density at radius 1 is 1.09 bits per heavy atom. The molecular weight excluding hydrogens is 607 g/mol. The third-order valence-electron chi connectivity index (χ3n) is 7.92. The van der Waals surface area contributed by atoms with Gasteiger partial charge in [-0.15, -0.1) is 0 Å². The third-order valence-corrected chi connectivity index (χ3v) is 10.0. The van der Waals surface area contributed by atoms with Crippen LogP contribution in [0.4, 0.5) is 9.59 Å². The summed E-state index contributed by atoms with van der Waals surface area (Å²) in [6.45, 7) is 3.98. The van der Waals surface area contributed by atoms with Gasteiger partial charge in [0.2, 0.25) is 11.6 Å². The van der Waals surface area contributed by atoms with Crippen LogP contribution in [0, 0.1) is 0 Å². The number of ether oxygens (including phenoxy) is 2. The van der Waals surface area contributed by atoms with Crippen LogP contribution >= 0.6 is 7.60 Å². The van der Waals surface area contributed by atoms with Crippen LogP contribution in [-0.4, -0.2) is 71.8 Å². The van der Waals surface area contributed by atoms with Gasteiger partial charge >= 0.3 is 31.7 Å². The first-order valence-corrected chi connectivity index (χ1v) is 16.9. The highest BCUT2D eigenvalue weighted by molar-refractivity contribution is 7.54. The number of nitrogens with one attached hydrogen (secondary N) is 1. The fourth-order valence-electron chi connectivity index (χ4n) is 5.32. The van der Waals surface area contributed by atoms with Crippen molar-refractivity contribution in [2.75, 3.05) is 20.2 Å². The van der Waals surface area contributed by atoms with Crippen molar-refractivity contribution in [2.24, 2.45) is 0 Å². The average Bonchev–Trinajstić information content (AvgIpc) is 3.72. The first-order valence-electron chi connectivity index (χ1n) is 15.3. The number of furan rings is 1. The standard InChI is InChI=1S/C31H43N2O11P/c1-4-5-18-27(43-29(35)26-17-12-21-41-26)45(39,40-3)44-25(28(34)33(31(37)38)20-11-13-23(33)2)16-9-10-19-32-30(36)42-22-24-14-7-6-8-15-24/h6-8,12,14-15,17,21,23,25,27H,4-5,9-11,13,16,18-20,22H2,1-3H3,(H-,32,36,37,38)/p+1/t23-,25?,27+,33?,45?/m1/s1. The number of nitrogens with zero attached hydrogens (tertiary/aromatic N) is 1. The SMILES string of the molecule is CCCC[C@@H](OC(=O)c1ccco1)P(=O)(OC)OC(CCCCNC(=O)OCc1ccccc1)C(=O)[N+]1(C(=O)O)CCC[C@H]1C. The zero-order chi connectivity index (χ0) is 32.9. The van der Waals surface area contributed by atoms with E-state index in [1.807, 2.05) is 37.3 Å². The molecule has 45 heavy (non-hydrogen) atoms. The molecular formula is C31H44N2O11P+. The Bertz CT molecular complexity index is 1300. The maximum Gasteiger partial charge on any atom is 0.521 e. The minimum Gasteiger partial charge on any atom is -0.457 e. The van der Waals surface area contributed by atoms with Gasteiger partial charge in [0, 0.05) is 26.5 Å². The van der Waals surface area contributed by atoms with E-state index in [9.17, 15) is 28.8 Å². The minimum absolute atomic E-state index is 0.0143. The lowest BCUT2D eigenvalue weighted by atomic mass is 10.1. The van der Waals surface area contributed by atoms with Crippen LogP contribution in [0.2, 0.25) is 0 Å². The fourth-order valence-corrected chi connectivity index (χ4v) is 7.05. The summed E-state index contributed by atoms with van der Waals surface area (Å²) < 4.78 is 40.5. The number of carbonyl (C=O) groups excluding carboxylic acids is 3. The van der Waals surface area contributed by atoms with E-state index in [1.54, 1.807) is 6.92 Å². The van der Waals surface area contributed by atoms with Gasteiger partial charge in [-0.05, 0) is 56.7 Å². The van der Waals surface area contributed by atoms with Gasteiger partial charge in [-0.2, -0.15) is 9.28 Å². The van der Waals surface area contributed by atoms with E-state index in [1.165, 1.54) is 18.4 Å². The highest BCUT2D eigenvalue weighted by Crippen LogP contribution is 2.56. The lowest BCUT2D eigenvalue weighted by Crippen LogP contribution is -2.62. The van der Waals surface area contributed by atoms with E-state index in [0.29, 0.717) is 38.5 Å². The minimum atomic E-state index is -4.33. The first-order chi connectivity index (χ1) is 21.6. The quantitative estimate of drug-likeness (QED) is 0.0831. The summed E-state index contributed by atoms with van der Waals surface area (Å²) >= 11 is 0. The second-order valence-electron chi connectivity index (χ2n) is 11.0. The summed E-state index contributed by atoms with van der Waals surface area (Å²) in [5.41, 5.74) is 0.840. The molecule has 1 fully saturated rings. The number of esters is 1. The summed E-state index contributed by atoms with van der Waals surface area (Å²) in [5.74, 6) is -3.11. The molecule has 0 aliphatic carbocycles. The molecule has 1 aromatic carbocycles. The second-order valence-corrected chi connectivity index (χ2v) is 13.2. The van der Waals surface area contributed by atoms with Gasteiger partial charge in [0.05, 0.1) is 12.8 Å². The summed E-state index contributed by atoms with van der Waals surface area (Å²) in [4.78, 5) is 51.4. The zero-order valence-electron chi connectivity index (χ0n) is 26.1. The number of benzene rings is 1. The van der Waals surface area contributed by atoms with Crippen molar-refractivity contribution in [3.05, 3.63) is 60.1 Å². The molecule has 2 heterocycles. The summed E-state index contributed by atoms with van der Waals surface area (Å²) in [6.07, 6.45) is 0.918. The van der Waals surface area contributed by atoms with Gasteiger partial charge in [-0.25, -0.2) is 14.4 Å². The van der Waals surface area contributed by atoms with E-state index < -0.39 is 54.1 Å². The first kappa shape index (κ1) is 36.0. The van der Waals surface area contributed by atoms with Crippen molar-refractivity contribution in [3.63, 3.8) is 0 Å². The molecule has 1 aromatic heterocycles. The van der Waals surface area contributed by atoms with E-state index >= 15 is 0 Å². The molecule has 1 saturated heterocycles. The van der Waals surface area contributed by atoms with E-state index in [0.717, 1.165) is 12.7 Å². The Labute approximate surface area is 263 Å². The molecule has 3 rings (SSSR count). The predicted octanol–water partition coefficient (Wildman–Crippen LogP) is 6.48. The Kier molecular flexibility index (Phi) is 13.8. The van der Waals surface area contributed by atoms with Crippen molar-refractivity contribution in [1.82, 2.24) is 5.32 Å². The molecule has 13 nitrogen and oxygen atoms in total. The average molecular weight is 652 g/mol. The number of imide groups is 1. The molecule has 0 bridgehead atoms. The van der Waals surface area contributed by atoms with Crippen LogP contribution in [0.5, 0.6) is 0 Å². The van der Waals surface area contributed by atoms with Gasteiger partial charge in [-0.1, -0.05) is 43.7 Å². The largest absolute Gasteiger partial charge is 0.521 e. The van der Waals surface area contributed by atoms with Gasteiger partial charge < -0.3 is 28.8 Å². The van der Waals surface area contributed by atoms with Crippen LogP contribution in [0.25, 0.3) is 0 Å². The molecule has 2 aromatic rings. The van der Waals surface area contributed by atoms with E-state index in [2.05, 4.69) is 5.32 Å². The number of hydrogen-bond acceptors (Lipinski definition) is 10. The Morgan fingerprint density at radius 3 is 2.44 bits per heavy atom. The van der Waals surface area contributed by atoms with Gasteiger partial charge in [0.15, 0.2) is 6.10 Å². The maximum atomic E-state index is 14.2. The third kappa shape index (κ3) is 9.49. The predicted molar refractivity (Wildman–Crippen MR) is 162 cm³/mol. The number of carbonyl (C=O) groups is 4. The lowest BCUT2D eigenvalue weighted by Gasteiger charge is -2.34. The highest BCUT2D eigenvalue weighted by Gasteiger charge is 2.57. The van der Waals surface area contributed by atoms with Crippen molar-refractivity contribution in [2.45, 2.75) is 89.8 Å². The van der Waals surface area contributed by atoms with Crippen LogP contribution in [0.1, 0.15) is 81.3 Å². The van der Waals surface area contributed by atoms with Crippen LogP contribution in [0.3, 0.4) is 0 Å². The number of amides is 3. The van der Waals surface area contributed by atoms with E-state index in [-0.39, 0.29) is 38.3 Å². The van der Waals surface area contributed by atoms with Crippen LogP contribution in [0.15, 0.2) is 53.1 Å². The monoisotopic (exact) mass is 651 g/mol. The zero-order valence-corrected chi connectivity index (χ0v) is 26.9. The topological polar surface area (TPSA) is 168 Å². The van der Waals surface area contributed by atoms with Crippen molar-refractivity contribution < 1.29 is 56.3 Å². The van der Waals surface area contributed by atoms with Gasteiger partial charge in [0.1, 0.15) is 12.6 Å². The Hall–Kier alpha value is -3.51. The molecule has 5 atom stereocenters. The molecule has 0 saturated carbocycles. The lowest BCUT2D eigenvalue weighted by molar-refractivity contribution is -0.794. The van der Waals surface area contributed by atoms with E-state index in [4.69, 9.17) is 22.9 Å². The molecule has 2 N–H and O–H groups in total. The molecule has 0 spiro atoms. The summed E-state index contributed by atoms with van der Waals surface area (Å²) in [7, 11) is -3.20. The number of unbranched alkanes of at least 4 members (excludes halogenated alkanes) is 2. The van der Waals surface area contributed by atoms with Crippen LogP contribution < -0.4 is 5.32 Å². The number of rotatable bonds is 17. The smallest absolute Gasteiger partial charge is 0.457 e. The highest BCUT2D eigenvalue weighted by atomic mass is 31.2. The molecule has 3 amide bonds. The summed E-state index contributed by atoms with van der Waals surface area (Å²) in [6, 6.07) is 11.6.